The summed E-state index contributed by atoms with van der Waals surface area (Å²) in [5.41, 5.74) is 5.14. The maximum Gasteiger partial charge on any atom is 0.430 e. The Morgan fingerprint density at radius 2 is 1.41 bits per heavy atom. The lowest BCUT2D eigenvalue weighted by atomic mass is 10.1. The normalized spacial score (nSPS) is 13.4. The number of aromatic nitrogens is 1. The molecule has 12 heteroatoms. The molecule has 37 heavy (non-hydrogen) atoms. The van der Waals surface area contributed by atoms with Gasteiger partial charge in [-0.2, -0.15) is 26.3 Å². The largest absolute Gasteiger partial charge is 0.430 e. The van der Waals surface area contributed by atoms with Crippen LogP contribution >= 0.6 is 11.3 Å². The summed E-state index contributed by atoms with van der Waals surface area (Å²) in [4.78, 5) is 5.97. The number of nitrogens with one attached hydrogen (secondary N) is 2. The molecule has 0 saturated carbocycles. The molecule has 2 heterocycles. The molecule has 200 valence electrons. The maximum atomic E-state index is 12.8. The van der Waals surface area contributed by atoms with Crippen LogP contribution in [-0.4, -0.2) is 28.8 Å². The molecule has 2 aromatic rings. The Morgan fingerprint density at radius 1 is 0.865 bits per heavy atom. The number of aryl methyl sites for hydroxylation is 1. The van der Waals surface area contributed by atoms with E-state index >= 15 is 0 Å². The highest BCUT2D eigenvalue weighted by Gasteiger charge is 2.32. The van der Waals surface area contributed by atoms with E-state index in [1.54, 1.807) is 23.5 Å². The quantitative estimate of drug-likeness (QED) is 0.139. The van der Waals surface area contributed by atoms with E-state index in [9.17, 15) is 26.3 Å². The maximum absolute atomic E-state index is 12.8. The molecular formula is C25H27F6N5S. The van der Waals surface area contributed by atoms with Gasteiger partial charge in [-0.15, -0.1) is 11.3 Å². The zero-order chi connectivity index (χ0) is 27.8. The van der Waals surface area contributed by atoms with Gasteiger partial charge in [-0.25, -0.2) is 4.98 Å². The van der Waals surface area contributed by atoms with E-state index in [-0.39, 0.29) is 11.4 Å². The first-order valence-electron chi connectivity index (χ1n) is 11.3. The number of nitrogens with two attached hydrogens (primary N) is 2. The van der Waals surface area contributed by atoms with Crippen LogP contribution in [0.4, 0.5) is 26.3 Å². The van der Waals surface area contributed by atoms with Crippen LogP contribution in [0.15, 0.2) is 47.8 Å². The van der Waals surface area contributed by atoms with Crippen LogP contribution in [0.3, 0.4) is 0 Å². The van der Waals surface area contributed by atoms with E-state index in [0.29, 0.717) is 17.7 Å². The minimum Gasteiger partial charge on any atom is -0.395 e. The number of hydrogen-bond acceptors (Lipinski definition) is 6. The van der Waals surface area contributed by atoms with E-state index in [4.69, 9.17) is 22.3 Å². The number of unbranched alkanes of at least 4 members (excludes halogenated alkanes) is 3. The van der Waals surface area contributed by atoms with Gasteiger partial charge in [0.1, 0.15) is 11.4 Å². The highest BCUT2D eigenvalue weighted by Crippen LogP contribution is 2.25. The first kappa shape index (κ1) is 29.8. The molecule has 6 N–H and O–H groups in total. The summed E-state index contributed by atoms with van der Waals surface area (Å²) in [6, 6.07) is 6.47. The van der Waals surface area contributed by atoms with E-state index < -0.39 is 35.2 Å². The summed E-state index contributed by atoms with van der Waals surface area (Å²) in [6.45, 7) is 2.13. The molecule has 0 radical (unpaired) electrons. The third kappa shape index (κ3) is 9.52. The predicted octanol–water partition coefficient (Wildman–Crippen LogP) is 6.98. The van der Waals surface area contributed by atoms with Crippen molar-refractivity contribution in [3.8, 4) is 0 Å². The number of halogens is 6. The molecule has 0 amide bonds. The summed E-state index contributed by atoms with van der Waals surface area (Å²) in [6.07, 6.45) is -0.276. The molecule has 0 aliphatic carbocycles. The highest BCUT2D eigenvalue weighted by atomic mass is 32.1. The standard InChI is InChI=1S/C25H27F6N5S/c1-2-3-4-5-6-16-9-10-17(37-16)8-7-15-11-20(18(32)13-22(34)24(26,27)28)36-21(12-15)19(33)14-23(35)25(29,30)31/h7-14,32-33H,2-6,34-35H2,1H3/b8-7+,22-13?,23-14?,32-18?,33-19?. The van der Waals surface area contributed by atoms with Crippen molar-refractivity contribution in [2.75, 3.05) is 0 Å². The summed E-state index contributed by atoms with van der Waals surface area (Å²) < 4.78 is 76.9. The van der Waals surface area contributed by atoms with Crippen molar-refractivity contribution >= 4 is 34.9 Å². The predicted molar refractivity (Wildman–Crippen MR) is 136 cm³/mol. The van der Waals surface area contributed by atoms with Crippen LogP contribution in [0.2, 0.25) is 0 Å². The molecule has 0 fully saturated rings. The van der Waals surface area contributed by atoms with Gasteiger partial charge < -0.3 is 11.5 Å². The molecule has 0 aliphatic heterocycles. The third-order valence-electron chi connectivity index (χ3n) is 5.05. The molecule has 2 rings (SSSR count). The molecule has 5 nitrogen and oxygen atoms in total. The molecule has 0 bridgehead atoms. The molecule has 0 atom stereocenters. The van der Waals surface area contributed by atoms with Gasteiger partial charge in [0.25, 0.3) is 0 Å². The first-order chi connectivity index (χ1) is 17.2. The van der Waals surface area contributed by atoms with Crippen molar-refractivity contribution in [2.24, 2.45) is 11.5 Å². The van der Waals surface area contributed by atoms with Crippen molar-refractivity contribution in [1.82, 2.24) is 4.98 Å². The fourth-order valence-corrected chi connectivity index (χ4v) is 4.03. The van der Waals surface area contributed by atoms with Crippen molar-refractivity contribution in [3.05, 3.63) is 74.5 Å². The van der Waals surface area contributed by atoms with Gasteiger partial charge in [0, 0.05) is 9.75 Å². The number of hydrogen-bond donors (Lipinski definition) is 4. The van der Waals surface area contributed by atoms with Crippen LogP contribution in [0.25, 0.3) is 12.2 Å². The molecule has 0 spiro atoms. The van der Waals surface area contributed by atoms with E-state index in [2.05, 4.69) is 11.9 Å². The Bertz CT molecular complexity index is 1140. The fourth-order valence-electron chi connectivity index (χ4n) is 3.07. The molecule has 2 aromatic heterocycles. The van der Waals surface area contributed by atoms with Crippen LogP contribution in [0, 0.1) is 10.8 Å². The number of alkyl halides is 6. The molecule has 0 aliphatic rings. The SMILES string of the molecule is CCCCCCc1ccc(/C=C/c2cc(C(=N)C=C(N)C(F)(F)F)nc(C(=N)C=C(N)C(F)(F)F)c2)s1. The lowest BCUT2D eigenvalue weighted by Gasteiger charge is -2.10. The summed E-state index contributed by atoms with van der Waals surface area (Å²) in [5.74, 6) is 0. The minimum atomic E-state index is -4.88. The topological polar surface area (TPSA) is 113 Å². The van der Waals surface area contributed by atoms with Gasteiger partial charge in [0.2, 0.25) is 0 Å². The van der Waals surface area contributed by atoms with Gasteiger partial charge in [-0.05, 0) is 60.9 Å². The summed E-state index contributed by atoms with van der Waals surface area (Å²) in [7, 11) is 0. The average molecular weight is 544 g/mol. The highest BCUT2D eigenvalue weighted by molar-refractivity contribution is 7.12. The number of pyridine rings is 1. The Balaban J connectivity index is 2.40. The van der Waals surface area contributed by atoms with Crippen LogP contribution in [0.1, 0.15) is 59.3 Å². The smallest absolute Gasteiger partial charge is 0.395 e. The van der Waals surface area contributed by atoms with Crippen LogP contribution < -0.4 is 11.5 Å². The van der Waals surface area contributed by atoms with Crippen LogP contribution in [0.5, 0.6) is 0 Å². The van der Waals surface area contributed by atoms with Crippen molar-refractivity contribution in [2.45, 2.75) is 51.4 Å². The summed E-state index contributed by atoms with van der Waals surface area (Å²) in [5, 5.41) is 16.0. The Kier molecular flexibility index (Phi) is 10.2. The van der Waals surface area contributed by atoms with E-state index in [0.717, 1.165) is 30.6 Å². The zero-order valence-corrected chi connectivity index (χ0v) is 20.7. The van der Waals surface area contributed by atoms with Gasteiger partial charge in [-0.3, -0.25) is 10.8 Å². The lowest BCUT2D eigenvalue weighted by molar-refractivity contribution is -0.0933. The van der Waals surface area contributed by atoms with Gasteiger partial charge in [-0.1, -0.05) is 32.3 Å². The minimum absolute atomic E-state index is 0.309. The number of allylic oxidation sites excluding steroid dienone is 4. The van der Waals surface area contributed by atoms with E-state index in [1.807, 2.05) is 12.1 Å². The second-order valence-electron chi connectivity index (χ2n) is 8.14. The molecule has 0 unspecified atom stereocenters. The Hall–Kier alpha value is -3.41. The van der Waals surface area contributed by atoms with Gasteiger partial charge >= 0.3 is 12.4 Å². The number of nitrogens with zero attached hydrogens (tertiary/aromatic N) is 1. The van der Waals surface area contributed by atoms with Gasteiger partial charge in [0.15, 0.2) is 0 Å². The van der Waals surface area contributed by atoms with Gasteiger partial charge in [0.05, 0.1) is 22.8 Å². The third-order valence-corrected chi connectivity index (χ3v) is 6.16. The average Bonchev–Trinajstić information content (AvgIpc) is 3.26. The second-order valence-corrected chi connectivity index (χ2v) is 9.34. The van der Waals surface area contributed by atoms with Crippen LogP contribution in [-0.2, 0) is 6.42 Å². The first-order valence-corrected chi connectivity index (χ1v) is 12.1. The molecule has 0 aromatic carbocycles. The van der Waals surface area contributed by atoms with Crippen molar-refractivity contribution in [3.63, 3.8) is 0 Å². The molecular weight excluding hydrogens is 516 g/mol. The number of thiophene rings is 1. The second kappa shape index (κ2) is 12.7. The number of rotatable bonds is 11. The monoisotopic (exact) mass is 543 g/mol. The Labute approximate surface area is 214 Å². The van der Waals surface area contributed by atoms with Crippen molar-refractivity contribution in [1.29, 1.82) is 10.8 Å². The molecule has 0 saturated heterocycles. The van der Waals surface area contributed by atoms with E-state index in [1.165, 1.54) is 23.4 Å². The fraction of sp³-hybridized carbons (Fsp3) is 0.320. The zero-order valence-electron chi connectivity index (χ0n) is 19.9. The lowest BCUT2D eigenvalue weighted by Crippen LogP contribution is -2.21. The van der Waals surface area contributed by atoms with Crippen molar-refractivity contribution < 1.29 is 26.3 Å². The summed E-state index contributed by atoms with van der Waals surface area (Å²) >= 11 is 1.56. The Morgan fingerprint density at radius 3 is 1.89 bits per heavy atom.